The van der Waals surface area contributed by atoms with Crippen molar-refractivity contribution in [1.82, 2.24) is 9.97 Å². The molecule has 0 fully saturated rings. The van der Waals surface area contributed by atoms with Crippen LogP contribution in [0.2, 0.25) is 5.15 Å². The van der Waals surface area contributed by atoms with E-state index in [4.69, 9.17) is 23.2 Å². The fraction of sp³-hybridized carbons (Fsp3) is 0. The number of nitrogens with one attached hydrogen (secondary N) is 1. The highest BCUT2D eigenvalue weighted by Gasteiger charge is 2.10. The van der Waals surface area contributed by atoms with Gasteiger partial charge in [0, 0.05) is 5.56 Å². The van der Waals surface area contributed by atoms with Crippen molar-refractivity contribution in [1.29, 1.82) is 0 Å². The minimum atomic E-state index is 0.182. The second-order valence-corrected chi connectivity index (χ2v) is 3.47. The number of hydrogen-bond donors (Lipinski definition) is 3. The molecule has 5 nitrogen and oxygen atoms in total. The topological polar surface area (TPSA) is 89.8 Å². The number of nitrogen functional groups attached to an aromatic ring is 2. The van der Waals surface area contributed by atoms with Crippen LogP contribution in [0.15, 0.2) is 30.3 Å². The smallest absolute Gasteiger partial charge is 0.168 e. The number of hydrogen-bond acceptors (Lipinski definition) is 5. The highest BCUT2D eigenvalue weighted by molar-refractivity contribution is 6.32. The first-order chi connectivity index (χ1) is 7.72. The molecule has 1 aromatic heterocycles. The number of nitrogens with zero attached hydrogens (tertiary/aromatic N) is 2. The van der Waals surface area contributed by atoms with Crippen LogP contribution in [0, 0.1) is 0 Å². The molecule has 16 heavy (non-hydrogen) atoms. The van der Waals surface area contributed by atoms with Gasteiger partial charge in [0.2, 0.25) is 0 Å². The Bertz CT molecular complexity index is 500. The summed E-state index contributed by atoms with van der Waals surface area (Å²) in [6.07, 6.45) is 0. The third kappa shape index (κ3) is 1.91. The standard InChI is InChI=1S/C10H10ClN5/c11-8-7(12)10(16-13)15-9(14-8)6-4-2-1-3-5-6/h1-5H,12-13H2,(H,14,15,16). The molecule has 0 aliphatic carbocycles. The lowest BCUT2D eigenvalue weighted by molar-refractivity contribution is 1.15. The van der Waals surface area contributed by atoms with Gasteiger partial charge >= 0.3 is 0 Å². The van der Waals surface area contributed by atoms with Gasteiger partial charge in [-0.25, -0.2) is 15.8 Å². The van der Waals surface area contributed by atoms with E-state index in [2.05, 4.69) is 15.4 Å². The first-order valence-corrected chi connectivity index (χ1v) is 4.95. The van der Waals surface area contributed by atoms with E-state index in [1.165, 1.54) is 0 Å². The Morgan fingerprint density at radius 1 is 1.12 bits per heavy atom. The molecule has 0 aliphatic rings. The average Bonchev–Trinajstić information content (AvgIpc) is 2.33. The Kier molecular flexibility index (Phi) is 2.89. The van der Waals surface area contributed by atoms with E-state index in [1.54, 1.807) is 0 Å². The van der Waals surface area contributed by atoms with Crippen LogP contribution in [-0.4, -0.2) is 9.97 Å². The van der Waals surface area contributed by atoms with Crippen molar-refractivity contribution >= 4 is 23.1 Å². The second kappa shape index (κ2) is 4.34. The Balaban J connectivity index is 2.55. The molecule has 0 amide bonds. The molecule has 2 rings (SSSR count). The van der Waals surface area contributed by atoms with Crippen LogP contribution in [0.1, 0.15) is 0 Å². The van der Waals surface area contributed by atoms with Gasteiger partial charge in [-0.15, -0.1) is 0 Å². The predicted molar refractivity (Wildman–Crippen MR) is 64.7 cm³/mol. The summed E-state index contributed by atoms with van der Waals surface area (Å²) in [4.78, 5) is 8.25. The molecule has 0 bridgehead atoms. The maximum atomic E-state index is 5.88. The number of benzene rings is 1. The first kappa shape index (κ1) is 10.7. The maximum Gasteiger partial charge on any atom is 0.168 e. The van der Waals surface area contributed by atoms with E-state index in [1.807, 2.05) is 30.3 Å². The fourth-order valence-electron chi connectivity index (χ4n) is 1.27. The maximum absolute atomic E-state index is 5.88. The molecule has 0 saturated carbocycles. The third-order valence-corrected chi connectivity index (χ3v) is 2.36. The number of hydrazine groups is 1. The predicted octanol–water partition coefficient (Wildman–Crippen LogP) is 1.66. The van der Waals surface area contributed by atoms with Gasteiger partial charge in [-0.3, -0.25) is 0 Å². The molecule has 1 heterocycles. The van der Waals surface area contributed by atoms with Crippen LogP contribution >= 0.6 is 11.6 Å². The molecule has 0 aliphatic heterocycles. The Hall–Kier alpha value is -1.85. The van der Waals surface area contributed by atoms with Crippen LogP contribution in [0.5, 0.6) is 0 Å². The summed E-state index contributed by atoms with van der Waals surface area (Å²) in [5.74, 6) is 6.09. The second-order valence-electron chi connectivity index (χ2n) is 3.11. The molecule has 82 valence electrons. The van der Waals surface area contributed by atoms with E-state index in [-0.39, 0.29) is 10.8 Å². The normalized spacial score (nSPS) is 10.1. The van der Waals surface area contributed by atoms with Crippen molar-refractivity contribution in [2.24, 2.45) is 5.84 Å². The zero-order chi connectivity index (χ0) is 11.5. The Morgan fingerprint density at radius 3 is 2.44 bits per heavy atom. The van der Waals surface area contributed by atoms with Gasteiger partial charge in [0.25, 0.3) is 0 Å². The summed E-state index contributed by atoms with van der Waals surface area (Å²) in [6.45, 7) is 0. The van der Waals surface area contributed by atoms with Crippen LogP contribution in [0.4, 0.5) is 11.5 Å². The van der Waals surface area contributed by atoms with E-state index in [0.29, 0.717) is 11.6 Å². The van der Waals surface area contributed by atoms with E-state index in [0.717, 1.165) is 5.56 Å². The summed E-state index contributed by atoms with van der Waals surface area (Å²) >= 11 is 5.88. The van der Waals surface area contributed by atoms with Gasteiger partial charge in [0.15, 0.2) is 16.8 Å². The molecular weight excluding hydrogens is 226 g/mol. The lowest BCUT2D eigenvalue weighted by Crippen LogP contribution is -2.12. The molecule has 6 heteroatoms. The van der Waals surface area contributed by atoms with Crippen molar-refractivity contribution in [3.05, 3.63) is 35.5 Å². The average molecular weight is 236 g/mol. The molecular formula is C10H10ClN5. The van der Waals surface area contributed by atoms with E-state index in [9.17, 15) is 0 Å². The minimum absolute atomic E-state index is 0.182. The van der Waals surface area contributed by atoms with Crippen LogP contribution in [0.3, 0.4) is 0 Å². The number of rotatable bonds is 2. The van der Waals surface area contributed by atoms with E-state index < -0.39 is 0 Å². The van der Waals surface area contributed by atoms with Crippen molar-refractivity contribution in [2.75, 3.05) is 11.2 Å². The summed E-state index contributed by atoms with van der Waals surface area (Å²) in [5, 5.41) is 0.182. The van der Waals surface area contributed by atoms with Gasteiger partial charge < -0.3 is 11.2 Å². The summed E-state index contributed by atoms with van der Waals surface area (Å²) in [6, 6.07) is 9.44. The number of halogens is 1. The van der Waals surface area contributed by atoms with Gasteiger partial charge in [-0.2, -0.15) is 0 Å². The van der Waals surface area contributed by atoms with Gasteiger partial charge in [-0.1, -0.05) is 41.9 Å². The van der Waals surface area contributed by atoms with Gasteiger partial charge in [-0.05, 0) is 0 Å². The molecule has 5 N–H and O–H groups in total. The highest BCUT2D eigenvalue weighted by atomic mass is 35.5. The first-order valence-electron chi connectivity index (χ1n) is 4.57. The summed E-state index contributed by atoms with van der Waals surface area (Å²) in [7, 11) is 0. The third-order valence-electron chi connectivity index (χ3n) is 2.07. The number of anilines is 2. The van der Waals surface area contributed by atoms with Crippen LogP contribution < -0.4 is 17.0 Å². The lowest BCUT2D eigenvalue weighted by Gasteiger charge is -2.07. The zero-order valence-corrected chi connectivity index (χ0v) is 9.07. The highest BCUT2D eigenvalue weighted by Crippen LogP contribution is 2.26. The number of nitrogens with two attached hydrogens (primary N) is 2. The minimum Gasteiger partial charge on any atom is -0.393 e. The van der Waals surface area contributed by atoms with Gasteiger partial charge in [0.05, 0.1) is 0 Å². The van der Waals surface area contributed by atoms with Crippen LogP contribution in [-0.2, 0) is 0 Å². The van der Waals surface area contributed by atoms with Crippen LogP contribution in [0.25, 0.3) is 11.4 Å². The van der Waals surface area contributed by atoms with Crippen molar-refractivity contribution in [3.8, 4) is 11.4 Å². The SMILES string of the molecule is NNc1nc(-c2ccccc2)nc(Cl)c1N. The van der Waals surface area contributed by atoms with E-state index >= 15 is 0 Å². The van der Waals surface area contributed by atoms with Crippen molar-refractivity contribution in [2.45, 2.75) is 0 Å². The molecule has 1 aromatic carbocycles. The quantitative estimate of drug-likeness (QED) is 0.419. The monoisotopic (exact) mass is 235 g/mol. The molecule has 2 aromatic rings. The zero-order valence-electron chi connectivity index (χ0n) is 8.31. The van der Waals surface area contributed by atoms with Crippen molar-refractivity contribution in [3.63, 3.8) is 0 Å². The summed E-state index contributed by atoms with van der Waals surface area (Å²) < 4.78 is 0. The molecule has 0 spiro atoms. The molecule has 0 radical (unpaired) electrons. The molecule has 0 atom stereocenters. The summed E-state index contributed by atoms with van der Waals surface area (Å²) in [5.41, 5.74) is 9.11. The lowest BCUT2D eigenvalue weighted by atomic mass is 10.2. The van der Waals surface area contributed by atoms with Crippen molar-refractivity contribution < 1.29 is 0 Å². The largest absolute Gasteiger partial charge is 0.393 e. The van der Waals surface area contributed by atoms with Gasteiger partial charge in [0.1, 0.15) is 5.69 Å². The number of aromatic nitrogens is 2. The molecule has 0 saturated heterocycles. The Morgan fingerprint density at radius 2 is 1.81 bits per heavy atom. The fourth-order valence-corrected chi connectivity index (χ4v) is 1.44. The Labute approximate surface area is 97.4 Å². The molecule has 0 unspecified atom stereocenters.